The molecule has 1 amide bonds. The minimum atomic E-state index is -0.626. The van der Waals surface area contributed by atoms with E-state index >= 15 is 0 Å². The molecule has 1 atom stereocenters. The lowest BCUT2D eigenvalue weighted by atomic mass is 9.78. The molecule has 1 aromatic rings. The molecule has 3 nitrogen and oxygen atoms in total. The van der Waals surface area contributed by atoms with Gasteiger partial charge in [0.2, 0.25) is 5.91 Å². The second kappa shape index (κ2) is 8.60. The molecule has 0 saturated heterocycles. The summed E-state index contributed by atoms with van der Waals surface area (Å²) in [6.07, 6.45) is 4.17. The summed E-state index contributed by atoms with van der Waals surface area (Å²) in [6, 6.07) is 3.92. The first-order valence-electron chi connectivity index (χ1n) is 7.91. The summed E-state index contributed by atoms with van der Waals surface area (Å²) < 4.78 is 28.3. The van der Waals surface area contributed by atoms with E-state index in [4.69, 9.17) is 5.73 Å². The normalized spacial score (nSPS) is 17.4. The van der Waals surface area contributed by atoms with Crippen LogP contribution in [-0.2, 0) is 10.2 Å². The van der Waals surface area contributed by atoms with Crippen LogP contribution in [-0.4, -0.2) is 18.5 Å². The summed E-state index contributed by atoms with van der Waals surface area (Å²) in [5.74, 6) is -1.15. The van der Waals surface area contributed by atoms with Crippen LogP contribution in [0.3, 0.4) is 0 Å². The monoisotopic (exact) mass is 346 g/mol. The molecular formula is C17H25ClF2N2O. The Bertz CT molecular complexity index is 511. The highest BCUT2D eigenvalue weighted by molar-refractivity contribution is 5.85. The molecule has 2 rings (SSSR count). The van der Waals surface area contributed by atoms with Crippen LogP contribution in [0.1, 0.15) is 51.0 Å². The number of amides is 1. The van der Waals surface area contributed by atoms with Gasteiger partial charge in [0.25, 0.3) is 0 Å². The zero-order chi connectivity index (χ0) is 16.2. The van der Waals surface area contributed by atoms with Gasteiger partial charge in [0, 0.05) is 30.0 Å². The molecule has 1 unspecified atom stereocenters. The average molecular weight is 347 g/mol. The van der Waals surface area contributed by atoms with E-state index in [0.29, 0.717) is 25.7 Å². The molecule has 1 aromatic carbocycles. The predicted octanol–water partition coefficient (Wildman–Crippen LogP) is 3.44. The van der Waals surface area contributed by atoms with Crippen molar-refractivity contribution in [2.45, 2.75) is 56.9 Å². The maximum absolute atomic E-state index is 14.2. The third-order valence-electron chi connectivity index (χ3n) is 4.50. The Hall–Kier alpha value is -1.20. The number of hydrogen-bond donors (Lipinski definition) is 2. The second-order valence-corrected chi connectivity index (χ2v) is 6.38. The zero-order valence-electron chi connectivity index (χ0n) is 13.4. The van der Waals surface area contributed by atoms with Crippen molar-refractivity contribution in [1.29, 1.82) is 0 Å². The standard InChI is InChI=1S/C17H24F2N2O.ClH/c1-12(20)7-8-15(22)21-11-17(9-2-3-10-17)16-13(18)5-4-6-14(16)19;/h4-6,12H,2-3,7-11,20H2,1H3,(H,21,22);1H. The van der Waals surface area contributed by atoms with E-state index in [1.807, 2.05) is 6.92 Å². The lowest BCUT2D eigenvalue weighted by molar-refractivity contribution is -0.121. The molecule has 1 fully saturated rings. The Morgan fingerprint density at radius 3 is 2.39 bits per heavy atom. The van der Waals surface area contributed by atoms with Crippen LogP contribution < -0.4 is 11.1 Å². The van der Waals surface area contributed by atoms with Crippen molar-refractivity contribution >= 4 is 18.3 Å². The summed E-state index contributed by atoms with van der Waals surface area (Å²) in [5, 5.41) is 2.85. The molecule has 0 spiro atoms. The van der Waals surface area contributed by atoms with E-state index in [1.165, 1.54) is 18.2 Å². The van der Waals surface area contributed by atoms with Crippen molar-refractivity contribution in [3.05, 3.63) is 35.4 Å². The Morgan fingerprint density at radius 1 is 1.30 bits per heavy atom. The van der Waals surface area contributed by atoms with Crippen molar-refractivity contribution in [3.8, 4) is 0 Å². The number of carbonyl (C=O) groups excluding carboxylic acids is 1. The number of rotatable bonds is 6. The van der Waals surface area contributed by atoms with Gasteiger partial charge < -0.3 is 11.1 Å². The molecule has 3 N–H and O–H groups in total. The zero-order valence-corrected chi connectivity index (χ0v) is 14.2. The van der Waals surface area contributed by atoms with Crippen molar-refractivity contribution in [2.24, 2.45) is 5.73 Å². The van der Waals surface area contributed by atoms with Gasteiger partial charge in [-0.2, -0.15) is 0 Å². The van der Waals surface area contributed by atoms with Crippen LogP contribution >= 0.6 is 12.4 Å². The number of carbonyl (C=O) groups is 1. The Labute approximate surface area is 142 Å². The minimum Gasteiger partial charge on any atom is -0.355 e. The van der Waals surface area contributed by atoms with Crippen LogP contribution in [0.5, 0.6) is 0 Å². The summed E-state index contributed by atoms with van der Waals surface area (Å²) in [4.78, 5) is 11.9. The number of nitrogens with two attached hydrogens (primary N) is 1. The van der Waals surface area contributed by atoms with Gasteiger partial charge >= 0.3 is 0 Å². The molecule has 0 radical (unpaired) electrons. The van der Waals surface area contributed by atoms with E-state index in [9.17, 15) is 13.6 Å². The van der Waals surface area contributed by atoms with E-state index in [-0.39, 0.29) is 36.5 Å². The Balaban J connectivity index is 0.00000264. The highest BCUT2D eigenvalue weighted by Crippen LogP contribution is 2.42. The molecule has 0 bridgehead atoms. The van der Waals surface area contributed by atoms with E-state index in [0.717, 1.165) is 12.8 Å². The smallest absolute Gasteiger partial charge is 0.220 e. The topological polar surface area (TPSA) is 55.1 Å². The van der Waals surface area contributed by atoms with Crippen LogP contribution in [0.4, 0.5) is 8.78 Å². The maximum atomic E-state index is 14.2. The van der Waals surface area contributed by atoms with Crippen LogP contribution in [0.25, 0.3) is 0 Å². The predicted molar refractivity (Wildman–Crippen MR) is 89.6 cm³/mol. The fourth-order valence-electron chi connectivity index (χ4n) is 3.29. The van der Waals surface area contributed by atoms with Gasteiger partial charge in [0.15, 0.2) is 0 Å². The highest BCUT2D eigenvalue weighted by atomic mass is 35.5. The van der Waals surface area contributed by atoms with Gasteiger partial charge in [-0.3, -0.25) is 4.79 Å². The van der Waals surface area contributed by atoms with Crippen molar-refractivity contribution < 1.29 is 13.6 Å². The second-order valence-electron chi connectivity index (χ2n) is 6.38. The van der Waals surface area contributed by atoms with Crippen LogP contribution in [0, 0.1) is 11.6 Å². The van der Waals surface area contributed by atoms with Gasteiger partial charge in [-0.25, -0.2) is 8.78 Å². The summed E-state index contributed by atoms with van der Waals surface area (Å²) in [6.45, 7) is 2.13. The number of nitrogens with one attached hydrogen (secondary N) is 1. The molecule has 23 heavy (non-hydrogen) atoms. The molecule has 0 heterocycles. The molecule has 1 aliphatic rings. The molecule has 0 aromatic heterocycles. The average Bonchev–Trinajstić information content (AvgIpc) is 2.92. The van der Waals surface area contributed by atoms with Gasteiger partial charge in [-0.1, -0.05) is 18.9 Å². The van der Waals surface area contributed by atoms with Crippen molar-refractivity contribution in [1.82, 2.24) is 5.32 Å². The number of halogens is 3. The Kier molecular flexibility index (Phi) is 7.42. The summed E-state index contributed by atoms with van der Waals surface area (Å²) in [5.41, 5.74) is 5.14. The molecule has 6 heteroatoms. The SMILES string of the molecule is CC(N)CCC(=O)NCC1(c2c(F)cccc2F)CCCC1.Cl. The van der Waals surface area contributed by atoms with Gasteiger partial charge in [-0.05, 0) is 38.3 Å². The van der Waals surface area contributed by atoms with Crippen LogP contribution in [0.15, 0.2) is 18.2 Å². The molecule has 130 valence electrons. The van der Waals surface area contributed by atoms with Crippen LogP contribution in [0.2, 0.25) is 0 Å². The van der Waals surface area contributed by atoms with Gasteiger partial charge in [0.1, 0.15) is 11.6 Å². The van der Waals surface area contributed by atoms with Gasteiger partial charge in [-0.15, -0.1) is 12.4 Å². The molecule has 1 aliphatic carbocycles. The maximum Gasteiger partial charge on any atom is 0.220 e. The van der Waals surface area contributed by atoms with Gasteiger partial charge in [0.05, 0.1) is 0 Å². The Morgan fingerprint density at radius 2 is 1.87 bits per heavy atom. The quantitative estimate of drug-likeness (QED) is 0.829. The fourth-order valence-corrected chi connectivity index (χ4v) is 3.29. The molecule has 1 saturated carbocycles. The largest absolute Gasteiger partial charge is 0.355 e. The first kappa shape index (κ1) is 19.8. The third-order valence-corrected chi connectivity index (χ3v) is 4.50. The van der Waals surface area contributed by atoms with E-state index in [1.54, 1.807) is 0 Å². The minimum absolute atomic E-state index is 0. The fraction of sp³-hybridized carbons (Fsp3) is 0.588. The molecular weight excluding hydrogens is 322 g/mol. The summed E-state index contributed by atoms with van der Waals surface area (Å²) >= 11 is 0. The lowest BCUT2D eigenvalue weighted by Gasteiger charge is -2.30. The van der Waals surface area contributed by atoms with E-state index < -0.39 is 17.0 Å². The lowest BCUT2D eigenvalue weighted by Crippen LogP contribution is -2.40. The number of hydrogen-bond acceptors (Lipinski definition) is 2. The third kappa shape index (κ3) is 4.88. The first-order chi connectivity index (χ1) is 10.4. The molecule has 0 aliphatic heterocycles. The number of benzene rings is 1. The van der Waals surface area contributed by atoms with E-state index in [2.05, 4.69) is 5.32 Å². The first-order valence-corrected chi connectivity index (χ1v) is 7.91. The van der Waals surface area contributed by atoms with Crippen molar-refractivity contribution in [2.75, 3.05) is 6.54 Å². The summed E-state index contributed by atoms with van der Waals surface area (Å²) in [7, 11) is 0. The van der Waals surface area contributed by atoms with Crippen molar-refractivity contribution in [3.63, 3.8) is 0 Å². The highest BCUT2D eigenvalue weighted by Gasteiger charge is 2.40.